The van der Waals surface area contributed by atoms with E-state index in [2.05, 4.69) is 32.2 Å². The van der Waals surface area contributed by atoms with Gasteiger partial charge in [0.2, 0.25) is 0 Å². The predicted octanol–water partition coefficient (Wildman–Crippen LogP) is 3.49. The van der Waals surface area contributed by atoms with Crippen LogP contribution in [0.4, 0.5) is 0 Å². The number of nitrogens with one attached hydrogen (secondary N) is 1. The first-order valence-electron chi connectivity index (χ1n) is 5.42. The van der Waals surface area contributed by atoms with E-state index in [0.717, 1.165) is 18.5 Å². The molecule has 1 N–H and O–H groups in total. The van der Waals surface area contributed by atoms with Crippen LogP contribution < -0.4 is 5.32 Å². The van der Waals surface area contributed by atoms with Crippen LogP contribution in [0.15, 0.2) is 18.2 Å². The van der Waals surface area contributed by atoms with Crippen molar-refractivity contribution < 1.29 is 0 Å². The highest BCUT2D eigenvalue weighted by Crippen LogP contribution is 2.18. The molecule has 0 saturated carbocycles. The van der Waals surface area contributed by atoms with Gasteiger partial charge in [0.15, 0.2) is 0 Å². The van der Waals surface area contributed by atoms with Crippen molar-refractivity contribution in [3.8, 4) is 6.07 Å². The van der Waals surface area contributed by atoms with Crippen molar-refractivity contribution in [3.05, 3.63) is 34.3 Å². The molecule has 0 spiro atoms. The second-order valence-corrected chi connectivity index (χ2v) is 4.92. The van der Waals surface area contributed by atoms with Crippen LogP contribution in [0.5, 0.6) is 0 Å². The maximum atomic E-state index is 8.73. The monoisotopic (exact) mass is 236 g/mol. The lowest BCUT2D eigenvalue weighted by atomic mass is 10.0. The van der Waals surface area contributed by atoms with E-state index in [1.165, 1.54) is 0 Å². The summed E-state index contributed by atoms with van der Waals surface area (Å²) < 4.78 is 0. The van der Waals surface area contributed by atoms with Gasteiger partial charge in [-0.15, -0.1) is 0 Å². The average molecular weight is 237 g/mol. The number of hydrogen-bond acceptors (Lipinski definition) is 2. The molecule has 0 saturated heterocycles. The molecule has 0 aliphatic heterocycles. The molecule has 1 rings (SSSR count). The highest BCUT2D eigenvalue weighted by molar-refractivity contribution is 6.31. The standard InChI is InChI=1S/C13H17ClN2/c1-4-13(2,3)16-9-11-6-5-10(8-15)7-12(11)14/h5-7,16H,4,9H2,1-3H3. The Morgan fingerprint density at radius 1 is 1.44 bits per heavy atom. The maximum Gasteiger partial charge on any atom is 0.0992 e. The molecule has 86 valence electrons. The molecule has 0 amide bonds. The number of rotatable bonds is 4. The smallest absolute Gasteiger partial charge is 0.0992 e. The molecule has 3 heteroatoms. The molecule has 1 aromatic rings. The maximum absolute atomic E-state index is 8.73. The summed E-state index contributed by atoms with van der Waals surface area (Å²) in [5.74, 6) is 0. The van der Waals surface area contributed by atoms with Gasteiger partial charge in [0.05, 0.1) is 11.6 Å². The van der Waals surface area contributed by atoms with Crippen LogP contribution in [0.2, 0.25) is 5.02 Å². The van der Waals surface area contributed by atoms with Crippen molar-refractivity contribution in [2.24, 2.45) is 0 Å². The van der Waals surface area contributed by atoms with E-state index < -0.39 is 0 Å². The van der Waals surface area contributed by atoms with E-state index in [0.29, 0.717) is 10.6 Å². The topological polar surface area (TPSA) is 35.8 Å². The second kappa shape index (κ2) is 5.34. The van der Waals surface area contributed by atoms with E-state index >= 15 is 0 Å². The third-order valence-electron chi connectivity index (χ3n) is 2.82. The van der Waals surface area contributed by atoms with Gasteiger partial charge in [-0.05, 0) is 38.0 Å². The largest absolute Gasteiger partial charge is 0.308 e. The molecule has 0 bridgehead atoms. The fourth-order valence-electron chi connectivity index (χ4n) is 1.22. The van der Waals surface area contributed by atoms with Gasteiger partial charge in [-0.3, -0.25) is 0 Å². The average Bonchev–Trinajstić information content (AvgIpc) is 2.27. The summed E-state index contributed by atoms with van der Waals surface area (Å²) in [5, 5.41) is 12.8. The lowest BCUT2D eigenvalue weighted by molar-refractivity contribution is 0.374. The Balaban J connectivity index is 2.73. The molecule has 16 heavy (non-hydrogen) atoms. The van der Waals surface area contributed by atoms with Gasteiger partial charge in [0.25, 0.3) is 0 Å². The van der Waals surface area contributed by atoms with Crippen LogP contribution in [-0.2, 0) is 6.54 Å². The Bertz CT molecular complexity index is 405. The van der Waals surface area contributed by atoms with Crippen LogP contribution in [0.3, 0.4) is 0 Å². The van der Waals surface area contributed by atoms with Gasteiger partial charge in [0.1, 0.15) is 0 Å². The van der Waals surface area contributed by atoms with Gasteiger partial charge in [-0.1, -0.05) is 24.6 Å². The first-order valence-corrected chi connectivity index (χ1v) is 5.80. The summed E-state index contributed by atoms with van der Waals surface area (Å²) in [6.45, 7) is 7.19. The molecule has 0 aliphatic carbocycles. The van der Waals surface area contributed by atoms with Crippen molar-refractivity contribution in [1.82, 2.24) is 5.32 Å². The second-order valence-electron chi connectivity index (χ2n) is 4.51. The first-order chi connectivity index (χ1) is 7.48. The lowest BCUT2D eigenvalue weighted by Gasteiger charge is -2.24. The minimum atomic E-state index is 0.108. The molecule has 0 aliphatic rings. The summed E-state index contributed by atoms with van der Waals surface area (Å²) >= 11 is 6.09. The highest BCUT2D eigenvalue weighted by atomic mass is 35.5. The number of nitrogens with zero attached hydrogens (tertiary/aromatic N) is 1. The van der Waals surface area contributed by atoms with Crippen LogP contribution in [-0.4, -0.2) is 5.54 Å². The van der Waals surface area contributed by atoms with E-state index in [1.54, 1.807) is 12.1 Å². The fraction of sp³-hybridized carbons (Fsp3) is 0.462. The molecule has 0 atom stereocenters. The third kappa shape index (κ3) is 3.52. The minimum Gasteiger partial charge on any atom is -0.308 e. The zero-order chi connectivity index (χ0) is 12.2. The van der Waals surface area contributed by atoms with Crippen LogP contribution >= 0.6 is 11.6 Å². The number of halogens is 1. The zero-order valence-electron chi connectivity index (χ0n) is 9.97. The Kier molecular flexibility index (Phi) is 4.35. The van der Waals surface area contributed by atoms with Gasteiger partial charge >= 0.3 is 0 Å². The van der Waals surface area contributed by atoms with Gasteiger partial charge in [0, 0.05) is 17.1 Å². The molecule has 0 fully saturated rings. The van der Waals surface area contributed by atoms with E-state index in [1.807, 2.05) is 6.07 Å². The summed E-state index contributed by atoms with van der Waals surface area (Å²) in [6, 6.07) is 7.48. The number of benzene rings is 1. The molecule has 0 radical (unpaired) electrons. The van der Waals surface area contributed by atoms with E-state index in [9.17, 15) is 0 Å². The zero-order valence-corrected chi connectivity index (χ0v) is 10.7. The molecule has 1 aromatic carbocycles. The van der Waals surface area contributed by atoms with Crippen LogP contribution in [0.25, 0.3) is 0 Å². The SMILES string of the molecule is CCC(C)(C)NCc1ccc(C#N)cc1Cl. The summed E-state index contributed by atoms with van der Waals surface area (Å²) in [7, 11) is 0. The quantitative estimate of drug-likeness (QED) is 0.869. The van der Waals surface area contributed by atoms with Crippen molar-refractivity contribution >= 4 is 11.6 Å². The van der Waals surface area contributed by atoms with Gasteiger partial charge in [-0.2, -0.15) is 5.26 Å². The predicted molar refractivity (Wildman–Crippen MR) is 67.4 cm³/mol. The molecule has 0 heterocycles. The highest BCUT2D eigenvalue weighted by Gasteiger charge is 2.14. The van der Waals surface area contributed by atoms with E-state index in [-0.39, 0.29) is 5.54 Å². The number of hydrogen-bond donors (Lipinski definition) is 1. The fourth-order valence-corrected chi connectivity index (χ4v) is 1.47. The molecule has 0 aromatic heterocycles. The minimum absolute atomic E-state index is 0.108. The molecule has 2 nitrogen and oxygen atoms in total. The summed E-state index contributed by atoms with van der Waals surface area (Å²) in [5.41, 5.74) is 1.74. The van der Waals surface area contributed by atoms with Crippen LogP contribution in [0.1, 0.15) is 38.3 Å². The van der Waals surface area contributed by atoms with Crippen LogP contribution in [0, 0.1) is 11.3 Å². The van der Waals surface area contributed by atoms with Crippen molar-refractivity contribution in [3.63, 3.8) is 0 Å². The van der Waals surface area contributed by atoms with Crippen molar-refractivity contribution in [2.45, 2.75) is 39.3 Å². The molecular weight excluding hydrogens is 220 g/mol. The third-order valence-corrected chi connectivity index (χ3v) is 3.18. The Labute approximate surface area is 102 Å². The van der Waals surface area contributed by atoms with E-state index in [4.69, 9.17) is 16.9 Å². The summed E-state index contributed by atoms with van der Waals surface area (Å²) in [6.07, 6.45) is 1.06. The Morgan fingerprint density at radius 2 is 2.12 bits per heavy atom. The molecular formula is C13H17ClN2. The number of nitriles is 1. The normalized spacial score (nSPS) is 11.2. The Hall–Kier alpha value is -1.04. The van der Waals surface area contributed by atoms with Gasteiger partial charge in [-0.25, -0.2) is 0 Å². The van der Waals surface area contributed by atoms with Crippen molar-refractivity contribution in [1.29, 1.82) is 5.26 Å². The first kappa shape index (κ1) is 13.0. The summed E-state index contributed by atoms with van der Waals surface area (Å²) in [4.78, 5) is 0. The lowest BCUT2D eigenvalue weighted by Crippen LogP contribution is -2.37. The Morgan fingerprint density at radius 3 is 2.62 bits per heavy atom. The molecule has 0 unspecified atom stereocenters. The van der Waals surface area contributed by atoms with Crippen molar-refractivity contribution in [2.75, 3.05) is 0 Å². The van der Waals surface area contributed by atoms with Gasteiger partial charge < -0.3 is 5.32 Å².